The maximum Gasteiger partial charge on any atom is 0.340 e. The fraction of sp³-hybridized carbons (Fsp3) is 0.389. The topological polar surface area (TPSA) is 82.5 Å². The van der Waals surface area contributed by atoms with E-state index in [1.807, 2.05) is 41.8 Å². The summed E-state index contributed by atoms with van der Waals surface area (Å²) in [5.41, 5.74) is 0.452. The summed E-state index contributed by atoms with van der Waals surface area (Å²) < 4.78 is 12.2. The molecule has 0 radical (unpaired) electrons. The van der Waals surface area contributed by atoms with Gasteiger partial charge in [-0.05, 0) is 12.5 Å². The molecule has 0 unspecified atom stereocenters. The van der Waals surface area contributed by atoms with Gasteiger partial charge in [0, 0.05) is 13.1 Å². The van der Waals surface area contributed by atoms with Gasteiger partial charge in [-0.2, -0.15) is 0 Å². The van der Waals surface area contributed by atoms with Gasteiger partial charge in [-0.15, -0.1) is 0 Å². The van der Waals surface area contributed by atoms with E-state index in [9.17, 15) is 9.59 Å². The first kappa shape index (κ1) is 17.3. The van der Waals surface area contributed by atoms with Crippen molar-refractivity contribution < 1.29 is 19.1 Å². The predicted molar refractivity (Wildman–Crippen MR) is 90.4 cm³/mol. The molecule has 1 fully saturated rings. The van der Waals surface area contributed by atoms with Crippen molar-refractivity contribution in [2.45, 2.75) is 18.6 Å². The van der Waals surface area contributed by atoms with Crippen molar-refractivity contribution in [1.82, 2.24) is 14.9 Å². The van der Waals surface area contributed by atoms with E-state index in [2.05, 4.69) is 10.3 Å². The minimum absolute atomic E-state index is 0.0393. The fourth-order valence-corrected chi connectivity index (χ4v) is 2.84. The monoisotopic (exact) mass is 343 g/mol. The lowest BCUT2D eigenvalue weighted by Gasteiger charge is -2.38. The number of hydrogen-bond donors (Lipinski definition) is 1. The zero-order chi connectivity index (χ0) is 17.9. The molecule has 0 saturated carbocycles. The summed E-state index contributed by atoms with van der Waals surface area (Å²) in [6.07, 6.45) is 3.15. The third kappa shape index (κ3) is 3.33. The van der Waals surface area contributed by atoms with Crippen molar-refractivity contribution >= 4 is 11.8 Å². The number of methoxy groups -OCH3 is 1. The Hall–Kier alpha value is -2.51. The molecule has 1 atom stereocenters. The van der Waals surface area contributed by atoms with Crippen LogP contribution in [0.5, 0.6) is 0 Å². The number of esters is 1. The average Bonchev–Trinajstić information content (AvgIpc) is 3.10. The van der Waals surface area contributed by atoms with E-state index in [1.54, 1.807) is 6.33 Å². The SMILES string of the molecule is COC(=O)C1(OCC(=O)c2cncn2[C@H](C)c2ccccc2)CNC1. The Labute approximate surface area is 146 Å². The Morgan fingerprint density at radius 2 is 2.04 bits per heavy atom. The summed E-state index contributed by atoms with van der Waals surface area (Å²) in [6.45, 7) is 2.48. The van der Waals surface area contributed by atoms with Crippen LogP contribution in [0.15, 0.2) is 42.9 Å². The summed E-state index contributed by atoms with van der Waals surface area (Å²) in [7, 11) is 1.31. The van der Waals surface area contributed by atoms with Crippen molar-refractivity contribution in [3.8, 4) is 0 Å². The van der Waals surface area contributed by atoms with Crippen molar-refractivity contribution in [2.75, 3.05) is 26.8 Å². The van der Waals surface area contributed by atoms with Gasteiger partial charge in [-0.3, -0.25) is 4.79 Å². The van der Waals surface area contributed by atoms with Crippen LogP contribution in [-0.4, -0.2) is 53.7 Å². The van der Waals surface area contributed by atoms with Gasteiger partial charge >= 0.3 is 5.97 Å². The molecule has 0 bridgehead atoms. The van der Waals surface area contributed by atoms with Crippen LogP contribution in [0.3, 0.4) is 0 Å². The quantitative estimate of drug-likeness (QED) is 0.601. The van der Waals surface area contributed by atoms with Gasteiger partial charge in [0.1, 0.15) is 12.3 Å². The maximum absolute atomic E-state index is 12.6. The maximum atomic E-state index is 12.6. The molecule has 3 rings (SSSR count). The Balaban J connectivity index is 1.72. The van der Waals surface area contributed by atoms with E-state index < -0.39 is 11.6 Å². The number of carbonyl (C=O) groups is 2. The van der Waals surface area contributed by atoms with Crippen molar-refractivity contribution in [3.63, 3.8) is 0 Å². The van der Waals surface area contributed by atoms with Crippen LogP contribution < -0.4 is 5.32 Å². The van der Waals surface area contributed by atoms with Crippen LogP contribution >= 0.6 is 0 Å². The molecule has 1 aliphatic rings. The van der Waals surface area contributed by atoms with Crippen molar-refractivity contribution in [1.29, 1.82) is 0 Å². The number of ketones is 1. The molecule has 2 heterocycles. The normalized spacial score (nSPS) is 16.7. The van der Waals surface area contributed by atoms with E-state index in [4.69, 9.17) is 9.47 Å². The molecule has 7 heteroatoms. The van der Waals surface area contributed by atoms with Gasteiger partial charge in [0.2, 0.25) is 5.78 Å². The third-order valence-electron chi connectivity index (χ3n) is 4.51. The summed E-state index contributed by atoms with van der Waals surface area (Å²) in [5.74, 6) is -0.694. The van der Waals surface area contributed by atoms with E-state index in [-0.39, 0.29) is 18.4 Å². The highest BCUT2D eigenvalue weighted by molar-refractivity contribution is 5.95. The van der Waals surface area contributed by atoms with E-state index >= 15 is 0 Å². The summed E-state index contributed by atoms with van der Waals surface area (Å²) in [5, 5.41) is 2.97. The Morgan fingerprint density at radius 3 is 2.64 bits per heavy atom. The van der Waals surface area contributed by atoms with Gasteiger partial charge in [-0.25, -0.2) is 9.78 Å². The van der Waals surface area contributed by atoms with E-state index in [0.717, 1.165) is 5.56 Å². The standard InChI is InChI=1S/C18H21N3O4/c1-13(14-6-4-3-5-7-14)21-12-19-8-15(21)16(22)9-25-18(10-20-11-18)17(23)24-2/h3-8,12-13,20H,9-11H2,1-2H3/t13-/m1/s1. The van der Waals surface area contributed by atoms with Crippen LogP contribution in [0.2, 0.25) is 0 Å². The molecular formula is C18H21N3O4. The molecule has 132 valence electrons. The lowest BCUT2D eigenvalue weighted by atomic mass is 9.97. The number of carbonyl (C=O) groups excluding carboxylic acids is 2. The summed E-state index contributed by atoms with van der Waals surface area (Å²) >= 11 is 0. The molecule has 0 amide bonds. The smallest absolute Gasteiger partial charge is 0.340 e. The zero-order valence-electron chi connectivity index (χ0n) is 14.3. The highest BCUT2D eigenvalue weighted by atomic mass is 16.6. The molecule has 0 aliphatic carbocycles. The van der Waals surface area contributed by atoms with Crippen molar-refractivity contribution in [3.05, 3.63) is 54.1 Å². The largest absolute Gasteiger partial charge is 0.467 e. The Bertz CT molecular complexity index is 753. The molecule has 25 heavy (non-hydrogen) atoms. The Morgan fingerprint density at radius 1 is 1.32 bits per heavy atom. The number of hydrogen-bond acceptors (Lipinski definition) is 6. The van der Waals surface area contributed by atoms with Gasteiger partial charge < -0.3 is 19.4 Å². The fourth-order valence-electron chi connectivity index (χ4n) is 2.84. The number of Topliss-reactive ketones (excluding diaryl/α,β-unsaturated/α-hetero) is 1. The number of aromatic nitrogens is 2. The molecule has 7 nitrogen and oxygen atoms in total. The number of imidazole rings is 1. The van der Waals surface area contributed by atoms with Gasteiger partial charge in [0.05, 0.1) is 25.7 Å². The molecule has 2 aromatic rings. The van der Waals surface area contributed by atoms with Gasteiger partial charge in [-0.1, -0.05) is 30.3 Å². The first-order valence-corrected chi connectivity index (χ1v) is 8.10. The molecule has 1 N–H and O–H groups in total. The second-order valence-corrected chi connectivity index (χ2v) is 6.07. The number of ether oxygens (including phenoxy) is 2. The first-order chi connectivity index (χ1) is 12.1. The summed E-state index contributed by atoms with van der Waals surface area (Å²) in [4.78, 5) is 28.6. The van der Waals surface area contributed by atoms with Crippen LogP contribution in [0.1, 0.15) is 29.0 Å². The van der Waals surface area contributed by atoms with Crippen LogP contribution in [-0.2, 0) is 14.3 Å². The minimum atomic E-state index is -1.07. The molecule has 1 aromatic carbocycles. The highest BCUT2D eigenvalue weighted by Crippen LogP contribution is 2.22. The second kappa shape index (κ2) is 7.16. The highest BCUT2D eigenvalue weighted by Gasteiger charge is 2.47. The van der Waals surface area contributed by atoms with Crippen LogP contribution in [0.4, 0.5) is 0 Å². The molecular weight excluding hydrogens is 322 g/mol. The zero-order valence-corrected chi connectivity index (χ0v) is 14.3. The number of nitrogens with zero attached hydrogens (tertiary/aromatic N) is 2. The number of nitrogens with one attached hydrogen (secondary N) is 1. The second-order valence-electron chi connectivity index (χ2n) is 6.07. The minimum Gasteiger partial charge on any atom is -0.467 e. The molecule has 1 aromatic heterocycles. The lowest BCUT2D eigenvalue weighted by molar-refractivity contribution is -0.174. The molecule has 1 saturated heterocycles. The number of rotatable bonds is 7. The molecule has 1 aliphatic heterocycles. The van der Waals surface area contributed by atoms with Crippen LogP contribution in [0.25, 0.3) is 0 Å². The Kier molecular flexibility index (Phi) is 4.96. The first-order valence-electron chi connectivity index (χ1n) is 8.10. The van der Waals surface area contributed by atoms with Gasteiger partial charge in [0.25, 0.3) is 0 Å². The van der Waals surface area contributed by atoms with Crippen LogP contribution in [0, 0.1) is 0 Å². The van der Waals surface area contributed by atoms with Gasteiger partial charge in [0.15, 0.2) is 5.60 Å². The lowest BCUT2D eigenvalue weighted by Crippen LogP contribution is -2.66. The predicted octanol–water partition coefficient (Wildman–Crippen LogP) is 1.21. The van der Waals surface area contributed by atoms with Crippen molar-refractivity contribution in [2.24, 2.45) is 0 Å². The number of benzene rings is 1. The van der Waals surface area contributed by atoms with E-state index in [0.29, 0.717) is 18.8 Å². The van der Waals surface area contributed by atoms with E-state index in [1.165, 1.54) is 13.3 Å². The third-order valence-corrected chi connectivity index (χ3v) is 4.51. The summed E-state index contributed by atoms with van der Waals surface area (Å²) in [6, 6.07) is 9.82. The average molecular weight is 343 g/mol. The molecule has 0 spiro atoms.